The molecule has 120 valence electrons. The Bertz CT molecular complexity index is 406. The monoisotopic (exact) mass is 289 g/mol. The van der Waals surface area contributed by atoms with Gasteiger partial charge in [-0.25, -0.2) is 0 Å². The molecular weight excluding hydrogens is 254 g/mol. The summed E-state index contributed by atoms with van der Waals surface area (Å²) < 4.78 is 0. The Balaban J connectivity index is 2.31. The average Bonchev–Trinajstić information content (AvgIpc) is 2.44. The van der Waals surface area contributed by atoms with Crippen molar-refractivity contribution in [2.24, 2.45) is 5.73 Å². The highest BCUT2D eigenvalue weighted by Gasteiger charge is 2.22. The van der Waals surface area contributed by atoms with Crippen molar-refractivity contribution in [2.75, 3.05) is 0 Å². The van der Waals surface area contributed by atoms with E-state index >= 15 is 0 Å². The van der Waals surface area contributed by atoms with E-state index < -0.39 is 0 Å². The molecule has 0 fully saturated rings. The van der Waals surface area contributed by atoms with E-state index in [9.17, 15) is 0 Å². The minimum atomic E-state index is -0.182. The van der Waals surface area contributed by atoms with Crippen molar-refractivity contribution in [1.29, 1.82) is 0 Å². The number of hydrogen-bond donors (Lipinski definition) is 1. The van der Waals surface area contributed by atoms with Crippen LogP contribution in [0.15, 0.2) is 18.2 Å². The molecule has 0 aliphatic heterocycles. The molecule has 0 amide bonds. The van der Waals surface area contributed by atoms with Crippen molar-refractivity contribution in [3.8, 4) is 0 Å². The normalized spacial score (nSPS) is 14.1. The zero-order valence-corrected chi connectivity index (χ0v) is 14.7. The van der Waals surface area contributed by atoms with E-state index in [0.717, 1.165) is 6.42 Å². The lowest BCUT2D eigenvalue weighted by Crippen LogP contribution is -2.33. The Hall–Kier alpha value is -0.820. The molecule has 1 rings (SSSR count). The van der Waals surface area contributed by atoms with Crippen LogP contribution in [0.2, 0.25) is 0 Å². The minimum Gasteiger partial charge on any atom is -0.322 e. The molecule has 0 aliphatic rings. The first-order valence-electron chi connectivity index (χ1n) is 8.84. The van der Waals surface area contributed by atoms with Crippen molar-refractivity contribution in [3.63, 3.8) is 0 Å². The molecule has 1 aromatic rings. The summed E-state index contributed by atoms with van der Waals surface area (Å²) in [4.78, 5) is 0. The fraction of sp³-hybridized carbons (Fsp3) is 0.700. The third-order valence-corrected chi connectivity index (χ3v) is 4.56. The average molecular weight is 290 g/mol. The minimum absolute atomic E-state index is 0.182. The van der Waals surface area contributed by atoms with Gasteiger partial charge in [-0.05, 0) is 38.3 Å². The standard InChI is InChI=1S/C20H35N/c1-5-6-7-8-9-10-11-12-15-20(4,21)19-16-17(2)13-14-18(19)3/h13-14,16H,5-12,15,21H2,1-4H3. The highest BCUT2D eigenvalue weighted by molar-refractivity contribution is 5.35. The number of nitrogens with two attached hydrogens (primary N) is 1. The van der Waals surface area contributed by atoms with Gasteiger partial charge in [0, 0.05) is 5.54 Å². The van der Waals surface area contributed by atoms with Gasteiger partial charge in [-0.3, -0.25) is 0 Å². The van der Waals surface area contributed by atoms with Crippen molar-refractivity contribution >= 4 is 0 Å². The molecule has 0 radical (unpaired) electrons. The molecule has 1 nitrogen and oxygen atoms in total. The summed E-state index contributed by atoms with van der Waals surface area (Å²) in [5.41, 5.74) is 10.4. The summed E-state index contributed by atoms with van der Waals surface area (Å²) in [5.74, 6) is 0. The van der Waals surface area contributed by atoms with E-state index in [-0.39, 0.29) is 5.54 Å². The van der Waals surface area contributed by atoms with Gasteiger partial charge in [0.2, 0.25) is 0 Å². The van der Waals surface area contributed by atoms with E-state index in [1.165, 1.54) is 68.1 Å². The molecular formula is C20H35N. The van der Waals surface area contributed by atoms with Crippen LogP contribution in [0.4, 0.5) is 0 Å². The van der Waals surface area contributed by atoms with Gasteiger partial charge in [0.05, 0.1) is 0 Å². The summed E-state index contributed by atoms with van der Waals surface area (Å²) >= 11 is 0. The lowest BCUT2D eigenvalue weighted by atomic mass is 9.84. The van der Waals surface area contributed by atoms with Gasteiger partial charge in [-0.15, -0.1) is 0 Å². The second-order valence-electron chi connectivity index (χ2n) is 6.96. The summed E-state index contributed by atoms with van der Waals surface area (Å²) in [7, 11) is 0. The molecule has 21 heavy (non-hydrogen) atoms. The fourth-order valence-corrected chi connectivity index (χ4v) is 3.11. The number of rotatable bonds is 10. The van der Waals surface area contributed by atoms with Gasteiger partial charge < -0.3 is 5.73 Å². The highest BCUT2D eigenvalue weighted by Crippen LogP contribution is 2.28. The van der Waals surface area contributed by atoms with E-state index in [1.807, 2.05) is 0 Å². The van der Waals surface area contributed by atoms with Crippen LogP contribution >= 0.6 is 0 Å². The molecule has 0 bridgehead atoms. The van der Waals surface area contributed by atoms with Gasteiger partial charge in [0.15, 0.2) is 0 Å². The first-order chi connectivity index (χ1) is 9.97. The van der Waals surface area contributed by atoms with Gasteiger partial charge >= 0.3 is 0 Å². The Morgan fingerprint density at radius 2 is 1.48 bits per heavy atom. The van der Waals surface area contributed by atoms with Crippen LogP contribution in [0.25, 0.3) is 0 Å². The van der Waals surface area contributed by atoms with Gasteiger partial charge in [-0.2, -0.15) is 0 Å². The maximum Gasteiger partial charge on any atom is 0.0383 e. The Morgan fingerprint density at radius 3 is 2.10 bits per heavy atom. The van der Waals surface area contributed by atoms with Crippen LogP contribution in [-0.4, -0.2) is 0 Å². The molecule has 1 atom stereocenters. The maximum absolute atomic E-state index is 6.59. The lowest BCUT2D eigenvalue weighted by molar-refractivity contribution is 0.418. The Labute approximate surface area is 132 Å². The fourth-order valence-electron chi connectivity index (χ4n) is 3.11. The quantitative estimate of drug-likeness (QED) is 0.524. The molecule has 0 saturated carbocycles. The van der Waals surface area contributed by atoms with Gasteiger partial charge in [-0.1, -0.05) is 82.1 Å². The molecule has 0 spiro atoms. The molecule has 0 saturated heterocycles. The van der Waals surface area contributed by atoms with Gasteiger partial charge in [0.25, 0.3) is 0 Å². The van der Waals surface area contributed by atoms with Crippen LogP contribution in [0.5, 0.6) is 0 Å². The molecule has 1 unspecified atom stereocenters. The number of unbranched alkanes of at least 4 members (excludes halogenated alkanes) is 7. The summed E-state index contributed by atoms with van der Waals surface area (Å²) in [6.07, 6.45) is 12.0. The van der Waals surface area contributed by atoms with E-state index in [0.29, 0.717) is 0 Å². The first-order valence-corrected chi connectivity index (χ1v) is 8.84. The van der Waals surface area contributed by atoms with Crippen LogP contribution in [0.3, 0.4) is 0 Å². The lowest BCUT2D eigenvalue weighted by Gasteiger charge is -2.27. The highest BCUT2D eigenvalue weighted by atomic mass is 14.7. The zero-order chi connectivity index (χ0) is 15.7. The Kier molecular flexibility index (Phi) is 8.03. The van der Waals surface area contributed by atoms with Crippen molar-refractivity contribution < 1.29 is 0 Å². The SMILES string of the molecule is CCCCCCCCCCC(C)(N)c1cc(C)ccc1C. The first kappa shape index (κ1) is 18.2. The second-order valence-corrected chi connectivity index (χ2v) is 6.96. The smallest absolute Gasteiger partial charge is 0.0383 e. The van der Waals surface area contributed by atoms with Crippen LogP contribution in [0.1, 0.15) is 88.3 Å². The molecule has 0 aromatic heterocycles. The summed E-state index contributed by atoms with van der Waals surface area (Å²) in [6.45, 7) is 8.79. The predicted octanol–water partition coefficient (Wildman–Crippen LogP) is 6.01. The van der Waals surface area contributed by atoms with E-state index in [2.05, 4.69) is 45.9 Å². The third kappa shape index (κ3) is 6.65. The number of hydrogen-bond acceptors (Lipinski definition) is 1. The summed E-state index contributed by atoms with van der Waals surface area (Å²) in [5, 5.41) is 0. The predicted molar refractivity (Wildman–Crippen MR) is 94.7 cm³/mol. The van der Waals surface area contributed by atoms with Crippen molar-refractivity contribution in [2.45, 2.75) is 91.0 Å². The Morgan fingerprint density at radius 1 is 0.905 bits per heavy atom. The number of aryl methyl sites for hydroxylation is 2. The largest absolute Gasteiger partial charge is 0.322 e. The van der Waals surface area contributed by atoms with Gasteiger partial charge in [0.1, 0.15) is 0 Å². The summed E-state index contributed by atoms with van der Waals surface area (Å²) in [6, 6.07) is 6.63. The van der Waals surface area contributed by atoms with Crippen molar-refractivity contribution in [3.05, 3.63) is 34.9 Å². The van der Waals surface area contributed by atoms with E-state index in [4.69, 9.17) is 5.73 Å². The topological polar surface area (TPSA) is 26.0 Å². The molecule has 2 N–H and O–H groups in total. The van der Waals surface area contributed by atoms with E-state index in [1.54, 1.807) is 0 Å². The van der Waals surface area contributed by atoms with Crippen LogP contribution in [-0.2, 0) is 5.54 Å². The molecule has 1 heteroatoms. The number of benzene rings is 1. The third-order valence-electron chi connectivity index (χ3n) is 4.56. The van der Waals surface area contributed by atoms with Crippen LogP contribution in [0, 0.1) is 13.8 Å². The maximum atomic E-state index is 6.59. The molecule has 0 heterocycles. The molecule has 0 aliphatic carbocycles. The van der Waals surface area contributed by atoms with Crippen molar-refractivity contribution in [1.82, 2.24) is 0 Å². The van der Waals surface area contributed by atoms with Crippen LogP contribution < -0.4 is 5.73 Å². The molecule has 1 aromatic carbocycles. The second kappa shape index (κ2) is 9.25. The zero-order valence-electron chi connectivity index (χ0n) is 14.7.